The summed E-state index contributed by atoms with van der Waals surface area (Å²) >= 11 is 15.1. The van der Waals surface area contributed by atoms with Crippen LogP contribution in [0.3, 0.4) is 0 Å². The van der Waals surface area contributed by atoms with E-state index in [1.54, 1.807) is 31.4 Å². The molecule has 0 heterocycles. The molecule has 0 radical (unpaired) electrons. The van der Waals surface area contributed by atoms with E-state index in [0.717, 1.165) is 5.56 Å². The second kappa shape index (κ2) is 8.64. The Bertz CT molecular complexity index is 568. The molecule has 0 bridgehead atoms. The van der Waals surface area contributed by atoms with Gasteiger partial charge in [0.1, 0.15) is 0 Å². The molecule has 20 heavy (non-hydrogen) atoms. The van der Waals surface area contributed by atoms with Crippen molar-refractivity contribution in [2.24, 2.45) is 0 Å². The Kier molecular flexibility index (Phi) is 7.15. The van der Waals surface area contributed by atoms with E-state index in [0.29, 0.717) is 15.6 Å². The van der Waals surface area contributed by atoms with Gasteiger partial charge in [-0.3, -0.25) is 0 Å². The minimum absolute atomic E-state index is 0.0457. The van der Waals surface area contributed by atoms with Crippen molar-refractivity contribution in [1.29, 1.82) is 0 Å². The van der Waals surface area contributed by atoms with Crippen molar-refractivity contribution in [3.05, 3.63) is 70.7 Å². The van der Waals surface area contributed by atoms with E-state index in [-0.39, 0.29) is 5.05 Å². The normalized spacial score (nSPS) is 9.10. The van der Waals surface area contributed by atoms with Crippen LogP contribution < -0.4 is 0 Å². The van der Waals surface area contributed by atoms with Gasteiger partial charge in [-0.1, -0.05) is 41.9 Å². The van der Waals surface area contributed by atoms with Crippen LogP contribution in [0.1, 0.15) is 11.1 Å². The Balaban J connectivity index is 0.000000204. The number of benzene rings is 2. The van der Waals surface area contributed by atoms with Crippen LogP contribution >= 0.6 is 36.0 Å². The molecule has 0 saturated heterocycles. The molecule has 0 aliphatic carbocycles. The van der Waals surface area contributed by atoms with Gasteiger partial charge >= 0.3 is 0 Å². The molecule has 0 unspecified atom stereocenters. The molecule has 0 fully saturated rings. The first kappa shape index (κ1) is 16.6. The summed E-state index contributed by atoms with van der Waals surface area (Å²) in [5, 5.41) is 9.90. The molecule has 0 amide bonds. The van der Waals surface area contributed by atoms with Crippen LogP contribution in [-0.2, 0) is 4.74 Å². The highest BCUT2D eigenvalue weighted by atomic mass is 35.5. The monoisotopic (exact) mass is 324 g/mol. The van der Waals surface area contributed by atoms with E-state index in [1.807, 2.05) is 30.3 Å². The van der Waals surface area contributed by atoms with Crippen molar-refractivity contribution in [3.63, 3.8) is 0 Å². The molecule has 2 aromatic rings. The topological polar surface area (TPSA) is 29.5 Å². The van der Waals surface area contributed by atoms with Crippen LogP contribution in [0.4, 0.5) is 0 Å². The molecular weight excluding hydrogens is 312 g/mol. The summed E-state index contributed by atoms with van der Waals surface area (Å²) in [6, 6.07) is 16.3. The smallest absolute Gasteiger partial charge is 0.190 e. The van der Waals surface area contributed by atoms with Crippen LogP contribution in [0.25, 0.3) is 0 Å². The number of aliphatic hydroxyl groups excluding tert-OH is 1. The van der Waals surface area contributed by atoms with Gasteiger partial charge in [-0.15, -0.1) is 0 Å². The van der Waals surface area contributed by atoms with Crippen molar-refractivity contribution in [1.82, 2.24) is 0 Å². The van der Waals surface area contributed by atoms with Crippen molar-refractivity contribution < 1.29 is 9.84 Å². The van der Waals surface area contributed by atoms with E-state index in [2.05, 4.69) is 12.2 Å². The van der Waals surface area contributed by atoms with Crippen molar-refractivity contribution >= 4 is 46.1 Å². The number of rotatable bonds is 2. The van der Waals surface area contributed by atoms with Crippen LogP contribution in [0.5, 0.6) is 0 Å². The van der Waals surface area contributed by atoms with Crippen LogP contribution in [-0.4, -0.2) is 22.3 Å². The fourth-order valence-electron chi connectivity index (χ4n) is 1.28. The zero-order chi connectivity index (χ0) is 15.0. The first-order chi connectivity index (χ1) is 9.54. The molecule has 104 valence electrons. The predicted molar refractivity (Wildman–Crippen MR) is 90.9 cm³/mol. The summed E-state index contributed by atoms with van der Waals surface area (Å²) in [6.07, 6.45) is 0. The van der Waals surface area contributed by atoms with Gasteiger partial charge in [0.05, 0.1) is 7.11 Å². The molecule has 2 rings (SSSR count). The lowest BCUT2D eigenvalue weighted by atomic mass is 10.2. The van der Waals surface area contributed by atoms with Crippen LogP contribution in [0, 0.1) is 0 Å². The molecule has 0 atom stereocenters. The Morgan fingerprint density at radius 1 is 0.950 bits per heavy atom. The summed E-state index contributed by atoms with van der Waals surface area (Å²) in [6.45, 7) is 0. The van der Waals surface area contributed by atoms with Gasteiger partial charge in [0.15, 0.2) is 10.1 Å². The summed E-state index contributed by atoms with van der Waals surface area (Å²) in [4.78, 5) is 0. The highest BCUT2D eigenvalue weighted by molar-refractivity contribution is 7.80. The van der Waals surface area contributed by atoms with Gasteiger partial charge in [-0.25, -0.2) is 0 Å². The van der Waals surface area contributed by atoms with E-state index in [9.17, 15) is 0 Å². The molecule has 0 aliphatic heterocycles. The number of ether oxygens (including phenoxy) is 1. The number of methoxy groups -OCH3 is 1. The molecule has 5 heteroatoms. The molecule has 2 aromatic carbocycles. The van der Waals surface area contributed by atoms with E-state index < -0.39 is 0 Å². The third kappa shape index (κ3) is 5.65. The third-order valence-corrected chi connectivity index (χ3v) is 3.18. The predicted octanol–water partition coefficient (Wildman–Crippen LogP) is 4.58. The van der Waals surface area contributed by atoms with Gasteiger partial charge in [0.25, 0.3) is 0 Å². The Hall–Kier alpha value is -1.49. The highest BCUT2D eigenvalue weighted by Crippen LogP contribution is 2.10. The molecule has 1 N–H and O–H groups in total. The van der Waals surface area contributed by atoms with Crippen molar-refractivity contribution in [2.75, 3.05) is 7.11 Å². The van der Waals surface area contributed by atoms with Crippen molar-refractivity contribution in [2.45, 2.75) is 0 Å². The number of halogens is 1. The first-order valence-electron chi connectivity index (χ1n) is 5.67. The first-order valence-corrected chi connectivity index (χ1v) is 6.86. The largest absolute Gasteiger partial charge is 0.499 e. The number of thiocarbonyl (C=S) groups is 2. The molecule has 0 aliphatic rings. The van der Waals surface area contributed by atoms with Gasteiger partial charge < -0.3 is 9.84 Å². The van der Waals surface area contributed by atoms with Gasteiger partial charge in [-0.05, 0) is 48.7 Å². The lowest BCUT2D eigenvalue weighted by Gasteiger charge is -2.00. The molecular formula is C15H13ClO2S2. The maximum atomic E-state index is 8.76. The molecule has 0 saturated carbocycles. The number of hydrogen-bond donors (Lipinski definition) is 1. The highest BCUT2D eigenvalue weighted by Gasteiger charge is 1.98. The Labute approximate surface area is 134 Å². The second-order valence-electron chi connectivity index (χ2n) is 3.67. The fraction of sp³-hybridized carbons (Fsp3) is 0.0667. The average molecular weight is 325 g/mol. The quantitative estimate of drug-likeness (QED) is 0.819. The number of hydrogen-bond acceptors (Lipinski definition) is 3. The summed E-state index contributed by atoms with van der Waals surface area (Å²) in [7, 11) is 1.55. The third-order valence-electron chi connectivity index (χ3n) is 2.29. The van der Waals surface area contributed by atoms with Crippen LogP contribution in [0.2, 0.25) is 5.02 Å². The maximum Gasteiger partial charge on any atom is 0.190 e. The number of aliphatic hydroxyl groups is 1. The standard InChI is InChI=1S/C8H7ClOS.C7H6OS/c1-10-8(11)6-2-4-7(9)5-3-6;8-7(9)6-4-2-1-3-5-6/h2-5H,1H3;1-5H,(H,8,9). The zero-order valence-corrected chi connectivity index (χ0v) is 13.1. The minimum Gasteiger partial charge on any atom is -0.499 e. The fourth-order valence-corrected chi connectivity index (χ4v) is 1.68. The Morgan fingerprint density at radius 3 is 1.90 bits per heavy atom. The van der Waals surface area contributed by atoms with Crippen molar-refractivity contribution in [3.8, 4) is 0 Å². The lowest BCUT2D eigenvalue weighted by molar-refractivity contribution is 0.416. The second-order valence-corrected chi connectivity index (χ2v) is 4.86. The molecule has 0 aromatic heterocycles. The molecule has 0 spiro atoms. The van der Waals surface area contributed by atoms with E-state index >= 15 is 0 Å². The SMILES string of the molecule is COC(=S)c1ccc(Cl)cc1.OC(=S)c1ccccc1. The average Bonchev–Trinajstić information content (AvgIpc) is 2.49. The van der Waals surface area contributed by atoms with E-state index in [4.69, 9.17) is 33.7 Å². The van der Waals surface area contributed by atoms with E-state index in [1.165, 1.54) is 0 Å². The Morgan fingerprint density at radius 2 is 1.50 bits per heavy atom. The van der Waals surface area contributed by atoms with Gasteiger partial charge in [-0.2, -0.15) is 0 Å². The summed E-state index contributed by atoms with van der Waals surface area (Å²) < 4.78 is 4.86. The zero-order valence-electron chi connectivity index (χ0n) is 10.7. The van der Waals surface area contributed by atoms with Gasteiger partial charge in [0, 0.05) is 16.1 Å². The van der Waals surface area contributed by atoms with Crippen LogP contribution in [0.15, 0.2) is 54.6 Å². The summed E-state index contributed by atoms with van der Waals surface area (Å²) in [5.74, 6) is 0. The summed E-state index contributed by atoms with van der Waals surface area (Å²) in [5.41, 5.74) is 1.58. The molecule has 2 nitrogen and oxygen atoms in total. The van der Waals surface area contributed by atoms with Gasteiger partial charge in [0.2, 0.25) is 0 Å². The minimum atomic E-state index is -0.0457. The maximum absolute atomic E-state index is 8.76. The lowest BCUT2D eigenvalue weighted by Crippen LogP contribution is -1.98.